The molecule has 39 heavy (non-hydrogen) atoms. The van der Waals surface area contributed by atoms with Gasteiger partial charge in [0.05, 0.1) is 22.0 Å². The summed E-state index contributed by atoms with van der Waals surface area (Å²) in [6, 6.07) is 15.4. The van der Waals surface area contributed by atoms with Crippen molar-refractivity contribution in [2.24, 2.45) is 26.2 Å². The van der Waals surface area contributed by atoms with Gasteiger partial charge < -0.3 is 16.2 Å². The molecule has 200 valence electrons. The minimum atomic E-state index is -4.84. The molecule has 0 bridgehead atoms. The van der Waals surface area contributed by atoms with Gasteiger partial charge in [-0.15, -0.1) is 5.11 Å². The van der Waals surface area contributed by atoms with Crippen LogP contribution in [0.3, 0.4) is 0 Å². The van der Waals surface area contributed by atoms with Gasteiger partial charge in [0.2, 0.25) is 0 Å². The molecule has 0 unspecified atom stereocenters. The lowest BCUT2D eigenvalue weighted by molar-refractivity contribution is 0.259. The summed E-state index contributed by atoms with van der Waals surface area (Å²) < 4.78 is 65.0. The minimum absolute atomic E-state index is 0.173. The summed E-state index contributed by atoms with van der Waals surface area (Å²) in [7, 11) is -9.16. The maximum absolute atomic E-state index is 12.0. The number of urea groups is 1. The maximum Gasteiger partial charge on any atom is 0.316 e. The van der Waals surface area contributed by atoms with Gasteiger partial charge in [0.25, 0.3) is 20.2 Å². The van der Waals surface area contributed by atoms with Crippen LogP contribution < -0.4 is 11.1 Å². The molecule has 0 radical (unpaired) electrons. The first kappa shape index (κ1) is 27.3. The van der Waals surface area contributed by atoms with Crippen LogP contribution in [0.1, 0.15) is 0 Å². The summed E-state index contributed by atoms with van der Waals surface area (Å²) in [6.07, 6.45) is 0. The van der Waals surface area contributed by atoms with Gasteiger partial charge in [-0.3, -0.25) is 9.11 Å². The molecule has 0 heterocycles. The lowest BCUT2D eigenvalue weighted by Gasteiger charge is -2.10. The van der Waals surface area contributed by atoms with Crippen molar-refractivity contribution in [3.8, 4) is 5.75 Å². The number of primary amides is 1. The number of nitrogens with two attached hydrogens (primary N) is 1. The van der Waals surface area contributed by atoms with Crippen LogP contribution in [0.2, 0.25) is 0 Å². The van der Waals surface area contributed by atoms with Crippen LogP contribution in [0.15, 0.2) is 103 Å². The monoisotopic (exact) mass is 570 g/mol. The van der Waals surface area contributed by atoms with E-state index in [1.54, 1.807) is 0 Å². The Hall–Kier alpha value is -4.77. The van der Waals surface area contributed by atoms with Crippen molar-refractivity contribution in [1.29, 1.82) is 0 Å². The lowest BCUT2D eigenvalue weighted by atomic mass is 10.1. The number of fused-ring (bicyclic) bond motifs is 1. The Morgan fingerprint density at radius 2 is 1.23 bits per heavy atom. The van der Waals surface area contributed by atoms with Crippen molar-refractivity contribution in [3.05, 3.63) is 72.8 Å². The third kappa shape index (κ3) is 6.57. The molecule has 0 saturated carbocycles. The molecule has 14 nitrogen and oxygen atoms in total. The summed E-state index contributed by atoms with van der Waals surface area (Å²) in [6.45, 7) is 0. The highest BCUT2D eigenvalue weighted by Gasteiger charge is 2.22. The first-order valence-electron chi connectivity index (χ1n) is 10.7. The van der Waals surface area contributed by atoms with Gasteiger partial charge in [-0.2, -0.15) is 32.2 Å². The van der Waals surface area contributed by atoms with Crippen LogP contribution >= 0.6 is 0 Å². The molecule has 4 aromatic rings. The maximum atomic E-state index is 12.0. The van der Waals surface area contributed by atoms with Gasteiger partial charge in [-0.25, -0.2) is 4.79 Å². The SMILES string of the molecule is NC(=O)Nc1ccc2c(O)c(N=Nc3ccc(N=Nc4ccc(S(=O)(=O)O)cc4)cc3)c(S(=O)(=O)O)cc2c1. The molecule has 4 aromatic carbocycles. The quantitative estimate of drug-likeness (QED) is 0.143. The third-order valence-electron chi connectivity index (χ3n) is 5.13. The third-order valence-corrected chi connectivity index (χ3v) is 6.86. The Morgan fingerprint density at radius 3 is 1.72 bits per heavy atom. The van der Waals surface area contributed by atoms with Crippen molar-refractivity contribution in [2.45, 2.75) is 9.79 Å². The van der Waals surface area contributed by atoms with E-state index in [4.69, 9.17) is 10.3 Å². The standard InChI is InChI=1S/C23H18N6O8S2/c24-23(31)25-17-7-10-19-13(11-17)12-20(39(35,36)37)21(22(19)30)29-28-15-3-1-14(2-4-15)26-27-16-5-8-18(9-6-16)38(32,33)34/h1-12,30H,(H3,24,25,31)(H,32,33,34)(H,35,36,37). The second-order valence-corrected chi connectivity index (χ2v) is 10.7. The summed E-state index contributed by atoms with van der Waals surface area (Å²) in [4.78, 5) is 10.1. The number of nitrogens with one attached hydrogen (secondary N) is 1. The van der Waals surface area contributed by atoms with E-state index in [2.05, 4.69) is 25.8 Å². The van der Waals surface area contributed by atoms with Gasteiger partial charge in [-0.05, 0) is 78.2 Å². The first-order valence-corrected chi connectivity index (χ1v) is 13.5. The highest BCUT2D eigenvalue weighted by molar-refractivity contribution is 7.86. The van der Waals surface area contributed by atoms with E-state index >= 15 is 0 Å². The van der Waals surface area contributed by atoms with E-state index in [9.17, 15) is 31.3 Å². The Morgan fingerprint density at radius 1 is 0.718 bits per heavy atom. The van der Waals surface area contributed by atoms with Crippen molar-refractivity contribution in [2.75, 3.05) is 5.32 Å². The second-order valence-electron chi connectivity index (χ2n) is 7.86. The van der Waals surface area contributed by atoms with Crippen LogP contribution in [0.4, 0.5) is 33.2 Å². The molecule has 4 rings (SSSR count). The van der Waals surface area contributed by atoms with Crippen molar-refractivity contribution in [1.82, 2.24) is 0 Å². The minimum Gasteiger partial charge on any atom is -0.505 e. The molecular weight excluding hydrogens is 552 g/mol. The summed E-state index contributed by atoms with van der Waals surface area (Å²) in [5, 5.41) is 29.1. The van der Waals surface area contributed by atoms with Crippen LogP contribution in [0.25, 0.3) is 10.8 Å². The van der Waals surface area contributed by atoms with E-state index in [1.165, 1.54) is 66.7 Å². The molecule has 6 N–H and O–H groups in total. The molecule has 0 saturated heterocycles. The number of nitrogens with zero attached hydrogens (tertiary/aromatic N) is 4. The molecule has 2 amide bonds. The van der Waals surface area contributed by atoms with Crippen molar-refractivity contribution >= 4 is 65.5 Å². The van der Waals surface area contributed by atoms with E-state index in [1.807, 2.05) is 0 Å². The molecule has 0 aliphatic carbocycles. The lowest BCUT2D eigenvalue weighted by Crippen LogP contribution is -2.19. The molecular formula is C23H18N6O8S2. The fraction of sp³-hybridized carbons (Fsp3) is 0. The Kier molecular flexibility index (Phi) is 7.37. The number of anilines is 1. The molecule has 0 atom stereocenters. The Labute approximate surface area is 221 Å². The number of phenolic OH excluding ortho intramolecular Hbond substituents is 1. The second kappa shape index (κ2) is 10.5. The van der Waals surface area contributed by atoms with Crippen molar-refractivity contribution in [3.63, 3.8) is 0 Å². The summed E-state index contributed by atoms with van der Waals surface area (Å²) in [5.74, 6) is -0.570. The van der Waals surface area contributed by atoms with Gasteiger partial charge in [0.1, 0.15) is 10.6 Å². The molecule has 16 heteroatoms. The van der Waals surface area contributed by atoms with Crippen LogP contribution in [-0.2, 0) is 20.2 Å². The topological polar surface area (TPSA) is 234 Å². The highest BCUT2D eigenvalue weighted by atomic mass is 32.2. The average molecular weight is 571 g/mol. The molecule has 0 aliphatic heterocycles. The zero-order chi connectivity index (χ0) is 28.4. The number of amides is 2. The first-order chi connectivity index (χ1) is 18.3. The van der Waals surface area contributed by atoms with E-state index in [-0.39, 0.29) is 27.0 Å². The summed E-state index contributed by atoms with van der Waals surface area (Å²) >= 11 is 0. The predicted molar refractivity (Wildman–Crippen MR) is 140 cm³/mol. The fourth-order valence-corrected chi connectivity index (χ4v) is 4.50. The molecule has 0 aliphatic rings. The highest BCUT2D eigenvalue weighted by Crippen LogP contribution is 2.42. The van der Waals surface area contributed by atoms with Gasteiger partial charge in [-0.1, -0.05) is 0 Å². The number of aromatic hydroxyl groups is 1. The summed E-state index contributed by atoms with van der Waals surface area (Å²) in [5.41, 5.74) is 5.78. The fourth-order valence-electron chi connectivity index (χ4n) is 3.36. The zero-order valence-electron chi connectivity index (χ0n) is 19.5. The zero-order valence-corrected chi connectivity index (χ0v) is 21.1. The number of hydrogen-bond donors (Lipinski definition) is 5. The van der Waals surface area contributed by atoms with Crippen LogP contribution in [-0.4, -0.2) is 37.1 Å². The van der Waals surface area contributed by atoms with Gasteiger partial charge >= 0.3 is 6.03 Å². The normalized spacial score (nSPS) is 12.4. The number of rotatable bonds is 7. The Balaban J connectivity index is 1.60. The Bertz CT molecular complexity index is 1860. The van der Waals surface area contributed by atoms with E-state index in [0.29, 0.717) is 11.4 Å². The van der Waals surface area contributed by atoms with E-state index < -0.39 is 42.6 Å². The van der Waals surface area contributed by atoms with Gasteiger partial charge in [0, 0.05) is 11.1 Å². The molecule has 0 aromatic heterocycles. The largest absolute Gasteiger partial charge is 0.505 e. The van der Waals surface area contributed by atoms with Crippen LogP contribution in [0, 0.1) is 0 Å². The van der Waals surface area contributed by atoms with E-state index in [0.717, 1.165) is 6.07 Å². The van der Waals surface area contributed by atoms with Crippen molar-refractivity contribution < 1.29 is 35.8 Å². The number of azo groups is 2. The molecule has 0 fully saturated rings. The van der Waals surface area contributed by atoms with Gasteiger partial charge in [0.15, 0.2) is 5.75 Å². The number of phenols is 1. The average Bonchev–Trinajstić information content (AvgIpc) is 2.86. The number of hydrogen-bond acceptors (Lipinski definition) is 10. The smallest absolute Gasteiger partial charge is 0.316 e. The number of benzene rings is 4. The molecule has 0 spiro atoms. The van der Waals surface area contributed by atoms with Crippen LogP contribution in [0.5, 0.6) is 5.75 Å². The number of carbonyl (C=O) groups excluding carboxylic acids is 1. The predicted octanol–water partition coefficient (Wildman–Crippen LogP) is 5.36. The number of carbonyl (C=O) groups is 1.